The monoisotopic (exact) mass is 1230 g/mol. The van der Waals surface area contributed by atoms with E-state index in [-0.39, 0.29) is 78.5 Å². The van der Waals surface area contributed by atoms with Crippen molar-refractivity contribution in [2.75, 3.05) is 32.9 Å². The van der Waals surface area contributed by atoms with Crippen molar-refractivity contribution in [3.05, 3.63) is 287 Å². The lowest BCUT2D eigenvalue weighted by Crippen LogP contribution is -2.65. The summed E-state index contributed by atoms with van der Waals surface area (Å²) in [5.41, 5.74) is 6.63. The second-order valence-corrected chi connectivity index (χ2v) is 23.9. The number of rotatable bonds is 33. The van der Waals surface area contributed by atoms with Crippen LogP contribution in [0, 0.1) is 0 Å². The predicted molar refractivity (Wildman–Crippen MR) is 345 cm³/mol. The Morgan fingerprint density at radius 3 is 1.34 bits per heavy atom. The van der Waals surface area contributed by atoms with Crippen molar-refractivity contribution in [2.24, 2.45) is 0 Å². The van der Waals surface area contributed by atoms with Crippen LogP contribution in [0.3, 0.4) is 0 Å². The Balaban J connectivity index is 1.10. The maximum Gasteiger partial charge on any atom is 0.332 e. The minimum Gasteiger partial charge on any atom is -0.458 e. The summed E-state index contributed by atoms with van der Waals surface area (Å²) in [7, 11) is 0. The zero-order chi connectivity index (χ0) is 62.9. The van der Waals surface area contributed by atoms with Gasteiger partial charge in [-0.25, -0.2) is 4.79 Å². The molecule has 2 aliphatic rings. The molecule has 0 aliphatic carbocycles. The molecule has 0 unspecified atom stereocenters. The highest BCUT2D eigenvalue weighted by atomic mass is 16.8. The molecule has 10 rings (SSSR count). The van der Waals surface area contributed by atoms with Crippen LogP contribution in [0.5, 0.6) is 0 Å². The van der Waals surface area contributed by atoms with Crippen LogP contribution in [0.4, 0.5) is 0 Å². The number of ether oxygens (including phenoxy) is 11. The number of hydrogen-bond donors (Lipinski definition) is 1. The number of nitrogens with zero attached hydrogens (tertiary/aromatic N) is 1. The Kier molecular flexibility index (Phi) is 24.8. The number of amides is 1. The van der Waals surface area contributed by atoms with Crippen LogP contribution in [-0.2, 0) is 114 Å². The highest BCUT2D eigenvalue weighted by Crippen LogP contribution is 2.43. The normalized spacial score (nSPS) is 21.5. The van der Waals surface area contributed by atoms with Gasteiger partial charge in [0.05, 0.1) is 52.8 Å². The Morgan fingerprint density at radius 2 is 0.868 bits per heavy atom. The first-order valence-electron chi connectivity index (χ1n) is 31.3. The second-order valence-electron chi connectivity index (χ2n) is 23.9. The number of carbonyl (C=O) groups excluding carboxylic acids is 2. The molecular weight excluding hydrogens is 1150 g/mol. The van der Waals surface area contributed by atoms with Gasteiger partial charge in [0.25, 0.3) is 0 Å². The molecule has 15 nitrogen and oxygen atoms in total. The van der Waals surface area contributed by atoms with Crippen LogP contribution in [0.1, 0.15) is 65.3 Å². The molecule has 476 valence electrons. The third kappa shape index (κ3) is 20.6. The van der Waals surface area contributed by atoms with Gasteiger partial charge in [-0.15, -0.1) is 0 Å². The van der Waals surface area contributed by atoms with Gasteiger partial charge in [0, 0.05) is 19.6 Å². The third-order valence-corrected chi connectivity index (χ3v) is 15.5. The molecule has 91 heavy (non-hydrogen) atoms. The summed E-state index contributed by atoms with van der Waals surface area (Å²) in [4.78, 5) is 29.8. The minimum absolute atomic E-state index is 0.00315. The van der Waals surface area contributed by atoms with Crippen LogP contribution in [0.15, 0.2) is 243 Å². The minimum atomic E-state index is -1.89. The second kappa shape index (κ2) is 34.1. The maximum absolute atomic E-state index is 14.4. The molecule has 1 amide bonds. The molecule has 2 fully saturated rings. The summed E-state index contributed by atoms with van der Waals surface area (Å²) in [6.07, 6.45) is -8.03. The van der Waals surface area contributed by atoms with E-state index in [2.05, 4.69) is 10.2 Å². The number of carbonyl (C=O) groups is 2. The molecule has 2 heterocycles. The SMILES string of the molecule is CC(C)(C)OC(=O)COC[C@H]1O[C@@](COCc2ccccc2)(O[C@H]2O[C@H](CN(CC(=O)NCc3ccccc3)Cc3ccccc3)[C@@H](OCc3ccccc3)[C@H](OCc3ccccc3)[C@H]2OCc2ccccc2)[C@@H](OCc2ccccc2)[C@@H]1OCc1ccccc1. The van der Waals surface area contributed by atoms with E-state index in [9.17, 15) is 9.59 Å². The van der Waals surface area contributed by atoms with E-state index in [1.807, 2.05) is 263 Å². The van der Waals surface area contributed by atoms with E-state index in [4.69, 9.17) is 52.1 Å². The van der Waals surface area contributed by atoms with E-state index < -0.39 is 66.4 Å². The van der Waals surface area contributed by atoms with E-state index in [1.165, 1.54) is 0 Å². The Hall–Kier alpha value is -7.74. The summed E-state index contributed by atoms with van der Waals surface area (Å²) in [6.45, 7) is 6.45. The fraction of sp³-hybridized carbons (Fsp3) is 0.342. The molecule has 8 aromatic carbocycles. The van der Waals surface area contributed by atoms with Crippen molar-refractivity contribution < 1.29 is 61.7 Å². The molecule has 2 aliphatic heterocycles. The van der Waals surface area contributed by atoms with Gasteiger partial charge < -0.3 is 57.4 Å². The topological polar surface area (TPSA) is 151 Å². The first kappa shape index (κ1) is 66.2. The molecule has 0 radical (unpaired) electrons. The molecule has 0 aromatic heterocycles. The van der Waals surface area contributed by atoms with Gasteiger partial charge in [-0.05, 0) is 65.3 Å². The molecule has 0 bridgehead atoms. The van der Waals surface area contributed by atoms with Gasteiger partial charge in [0.1, 0.15) is 61.5 Å². The summed E-state index contributed by atoms with van der Waals surface area (Å²) in [5, 5.41) is 3.16. The van der Waals surface area contributed by atoms with Gasteiger partial charge in [-0.2, -0.15) is 0 Å². The standard InChI is InChI=1S/C76H84N2O13/c1-75(2,3)90-68(80)55-81-54-66-70(84-50-61-36-20-8-21-37-61)73(87-53-64-42-26-11-27-43-64)76(89-66,56-82-48-59-32-16-6-17-33-59)91-74-72(86-52-63-40-24-10-25-41-63)71(85-51-62-38-22-9-23-39-62)69(83-49-60-34-18-7-19-35-60)65(88-74)46-78(45-58-30-14-5-15-31-58)47-67(79)77-44-57-28-12-4-13-29-57/h4-43,65-66,69-74H,44-56H2,1-3H3,(H,77,79)/t65-,66-,69-,70-,71+,72-,73+,74-,76+/m1/s1. The van der Waals surface area contributed by atoms with Crippen molar-refractivity contribution in [2.45, 2.75) is 134 Å². The largest absolute Gasteiger partial charge is 0.458 e. The fourth-order valence-electron chi connectivity index (χ4n) is 11.2. The Labute approximate surface area is 535 Å². The van der Waals surface area contributed by atoms with Crippen molar-refractivity contribution in [3.63, 3.8) is 0 Å². The molecule has 1 N–H and O–H groups in total. The first-order chi connectivity index (χ1) is 44.5. The van der Waals surface area contributed by atoms with E-state index >= 15 is 0 Å². The van der Waals surface area contributed by atoms with Gasteiger partial charge in [-0.1, -0.05) is 243 Å². The van der Waals surface area contributed by atoms with Gasteiger partial charge >= 0.3 is 5.97 Å². The summed E-state index contributed by atoms with van der Waals surface area (Å²) >= 11 is 0. The quantitative estimate of drug-likeness (QED) is 0.0389. The molecule has 2 saturated heterocycles. The number of hydrogen-bond acceptors (Lipinski definition) is 14. The van der Waals surface area contributed by atoms with Crippen molar-refractivity contribution in [1.82, 2.24) is 10.2 Å². The lowest BCUT2D eigenvalue weighted by Gasteiger charge is -2.49. The van der Waals surface area contributed by atoms with Crippen LogP contribution in [0.2, 0.25) is 0 Å². The molecule has 0 spiro atoms. The molecular formula is C76H84N2O13. The smallest absolute Gasteiger partial charge is 0.332 e. The van der Waals surface area contributed by atoms with E-state index in [0.717, 1.165) is 44.5 Å². The van der Waals surface area contributed by atoms with Crippen LogP contribution in [-0.4, -0.2) is 110 Å². The van der Waals surface area contributed by atoms with Crippen LogP contribution < -0.4 is 5.32 Å². The van der Waals surface area contributed by atoms with Crippen molar-refractivity contribution in [3.8, 4) is 0 Å². The average molecular weight is 1230 g/mol. The fourth-order valence-corrected chi connectivity index (χ4v) is 11.2. The van der Waals surface area contributed by atoms with Crippen LogP contribution in [0.25, 0.3) is 0 Å². The summed E-state index contributed by atoms with van der Waals surface area (Å²) in [6, 6.07) is 79.2. The maximum atomic E-state index is 14.4. The number of nitrogens with one attached hydrogen (secondary N) is 1. The average Bonchev–Trinajstić information content (AvgIpc) is 1.69. The zero-order valence-electron chi connectivity index (χ0n) is 52.2. The summed E-state index contributed by atoms with van der Waals surface area (Å²) in [5.74, 6) is -2.62. The Morgan fingerprint density at radius 1 is 0.462 bits per heavy atom. The van der Waals surface area contributed by atoms with Gasteiger partial charge in [-0.3, -0.25) is 9.69 Å². The first-order valence-corrected chi connectivity index (χ1v) is 31.3. The predicted octanol–water partition coefficient (Wildman–Crippen LogP) is 12.1. The van der Waals surface area contributed by atoms with E-state index in [0.29, 0.717) is 13.1 Å². The molecule has 9 atom stereocenters. The van der Waals surface area contributed by atoms with Crippen molar-refractivity contribution >= 4 is 11.9 Å². The third-order valence-electron chi connectivity index (χ3n) is 15.5. The Bertz CT molecular complexity index is 3360. The number of esters is 1. The van der Waals surface area contributed by atoms with Crippen LogP contribution >= 0.6 is 0 Å². The van der Waals surface area contributed by atoms with Crippen molar-refractivity contribution in [1.29, 1.82) is 0 Å². The molecule has 8 aromatic rings. The number of benzene rings is 8. The zero-order valence-corrected chi connectivity index (χ0v) is 52.2. The lowest BCUT2D eigenvalue weighted by molar-refractivity contribution is -0.397. The lowest BCUT2D eigenvalue weighted by atomic mass is 9.96. The molecule has 15 heteroatoms. The highest BCUT2D eigenvalue weighted by molar-refractivity contribution is 5.78. The van der Waals surface area contributed by atoms with E-state index in [1.54, 1.807) is 0 Å². The van der Waals surface area contributed by atoms with Gasteiger partial charge in [0.15, 0.2) is 6.29 Å². The summed E-state index contributed by atoms with van der Waals surface area (Å²) < 4.78 is 77.8. The van der Waals surface area contributed by atoms with Gasteiger partial charge in [0.2, 0.25) is 11.7 Å². The molecule has 0 saturated carbocycles. The highest BCUT2D eigenvalue weighted by Gasteiger charge is 2.62.